The molecular formula is C23H17ClN2O3. The number of amidine groups is 1. The maximum absolute atomic E-state index is 13.3. The first kappa shape index (κ1) is 18.8. The Hall–Kier alpha value is -3.57. The summed E-state index contributed by atoms with van der Waals surface area (Å²) in [6, 6.07) is 21.0. The van der Waals surface area contributed by atoms with Gasteiger partial charge in [-0.2, -0.15) is 0 Å². The van der Waals surface area contributed by atoms with Gasteiger partial charge in [-0.15, -0.1) is 0 Å². The summed E-state index contributed by atoms with van der Waals surface area (Å²) in [5.74, 6) is 0.952. The zero-order valence-electron chi connectivity index (χ0n) is 15.5. The van der Waals surface area contributed by atoms with Gasteiger partial charge in [0.15, 0.2) is 0 Å². The number of carbonyl (C=O) groups excluding carboxylic acids is 1. The number of ether oxygens (including phenoxy) is 1. The van der Waals surface area contributed by atoms with E-state index in [0.717, 1.165) is 5.56 Å². The number of benzene rings is 3. The van der Waals surface area contributed by atoms with Crippen molar-refractivity contribution in [2.45, 2.75) is 0 Å². The van der Waals surface area contributed by atoms with Crippen LogP contribution in [0, 0.1) is 0 Å². The number of phenolic OH excluding ortho intramolecular Hbond substituents is 1. The van der Waals surface area contributed by atoms with E-state index < -0.39 is 0 Å². The second-order valence-electron chi connectivity index (χ2n) is 6.38. The predicted molar refractivity (Wildman–Crippen MR) is 115 cm³/mol. The number of hydrogen-bond donors (Lipinski definition) is 1. The molecule has 1 amide bonds. The number of nitrogens with zero attached hydrogens (tertiary/aromatic N) is 2. The van der Waals surface area contributed by atoms with E-state index in [9.17, 15) is 9.90 Å². The van der Waals surface area contributed by atoms with Crippen LogP contribution in [0.3, 0.4) is 0 Å². The van der Waals surface area contributed by atoms with E-state index >= 15 is 0 Å². The molecule has 1 aliphatic rings. The minimum atomic E-state index is -0.284. The van der Waals surface area contributed by atoms with Crippen LogP contribution in [0.15, 0.2) is 83.5 Å². The molecule has 0 saturated carbocycles. The predicted octanol–water partition coefficient (Wildman–Crippen LogP) is 4.89. The number of rotatable bonds is 4. The zero-order chi connectivity index (χ0) is 20.4. The van der Waals surface area contributed by atoms with Crippen molar-refractivity contribution in [2.75, 3.05) is 12.0 Å². The van der Waals surface area contributed by atoms with Crippen LogP contribution in [0.2, 0.25) is 5.02 Å². The quantitative estimate of drug-likeness (QED) is 0.630. The fourth-order valence-corrected chi connectivity index (χ4v) is 3.29. The van der Waals surface area contributed by atoms with Crippen molar-refractivity contribution in [3.63, 3.8) is 0 Å². The molecule has 5 nitrogen and oxygen atoms in total. The molecule has 1 heterocycles. The minimum Gasteiger partial charge on any atom is -0.508 e. The van der Waals surface area contributed by atoms with Gasteiger partial charge < -0.3 is 9.84 Å². The van der Waals surface area contributed by atoms with Crippen LogP contribution in [0.1, 0.15) is 11.1 Å². The highest BCUT2D eigenvalue weighted by atomic mass is 35.5. The van der Waals surface area contributed by atoms with Crippen LogP contribution in [0.4, 0.5) is 5.69 Å². The van der Waals surface area contributed by atoms with E-state index in [0.29, 0.717) is 27.9 Å². The first-order valence-corrected chi connectivity index (χ1v) is 9.27. The van der Waals surface area contributed by atoms with Crippen molar-refractivity contribution in [1.82, 2.24) is 0 Å². The maximum Gasteiger partial charge on any atom is 0.282 e. The van der Waals surface area contributed by atoms with Crippen molar-refractivity contribution in [2.24, 2.45) is 4.99 Å². The Labute approximate surface area is 173 Å². The Morgan fingerprint density at radius 2 is 1.79 bits per heavy atom. The lowest BCUT2D eigenvalue weighted by atomic mass is 10.1. The number of anilines is 1. The highest BCUT2D eigenvalue weighted by molar-refractivity contribution is 6.39. The van der Waals surface area contributed by atoms with Crippen molar-refractivity contribution < 1.29 is 14.6 Å². The molecule has 3 aromatic carbocycles. The first-order chi connectivity index (χ1) is 14.1. The molecule has 0 spiro atoms. The second-order valence-corrected chi connectivity index (χ2v) is 6.79. The third kappa shape index (κ3) is 3.73. The number of methoxy groups -OCH3 is 1. The van der Waals surface area contributed by atoms with Crippen LogP contribution < -0.4 is 9.64 Å². The number of carbonyl (C=O) groups is 1. The molecule has 0 atom stereocenters. The lowest BCUT2D eigenvalue weighted by Crippen LogP contribution is -2.32. The number of halogens is 1. The van der Waals surface area contributed by atoms with Crippen LogP contribution in [-0.4, -0.2) is 24.0 Å². The zero-order valence-corrected chi connectivity index (χ0v) is 16.3. The molecule has 0 unspecified atom stereocenters. The van der Waals surface area contributed by atoms with Crippen molar-refractivity contribution >= 4 is 35.1 Å². The standard InChI is InChI=1S/C23H17ClN2O3/c1-29-18-6-4-5-15(13-18)14-21-23(28)26(16-9-11-17(27)12-10-16)22(25-21)19-7-2-3-8-20(19)24/h2-14,27H,1H3/b21-14+. The fourth-order valence-electron chi connectivity index (χ4n) is 3.07. The molecule has 3 aromatic rings. The van der Waals surface area contributed by atoms with Gasteiger partial charge in [-0.05, 0) is 60.2 Å². The van der Waals surface area contributed by atoms with Crippen LogP contribution in [-0.2, 0) is 4.79 Å². The number of phenols is 1. The summed E-state index contributed by atoms with van der Waals surface area (Å²) in [4.78, 5) is 19.3. The van der Waals surface area contributed by atoms with E-state index in [1.807, 2.05) is 42.5 Å². The Morgan fingerprint density at radius 3 is 2.52 bits per heavy atom. The number of amides is 1. The van der Waals surface area contributed by atoms with Gasteiger partial charge in [-0.3, -0.25) is 9.69 Å². The lowest BCUT2D eigenvalue weighted by molar-refractivity contribution is -0.113. The topological polar surface area (TPSA) is 62.1 Å². The Morgan fingerprint density at radius 1 is 1.03 bits per heavy atom. The van der Waals surface area contributed by atoms with Crippen LogP contribution in [0.5, 0.6) is 11.5 Å². The Bertz CT molecular complexity index is 1140. The summed E-state index contributed by atoms with van der Waals surface area (Å²) in [6.07, 6.45) is 1.71. The molecule has 4 rings (SSSR count). The van der Waals surface area contributed by atoms with E-state index in [1.165, 1.54) is 17.0 Å². The molecule has 6 heteroatoms. The monoisotopic (exact) mass is 404 g/mol. The van der Waals surface area contributed by atoms with Crippen LogP contribution in [0.25, 0.3) is 6.08 Å². The van der Waals surface area contributed by atoms with Crippen molar-refractivity contribution in [1.29, 1.82) is 0 Å². The highest BCUT2D eigenvalue weighted by Gasteiger charge is 2.33. The van der Waals surface area contributed by atoms with Crippen LogP contribution >= 0.6 is 11.6 Å². The first-order valence-electron chi connectivity index (χ1n) is 8.89. The highest BCUT2D eigenvalue weighted by Crippen LogP contribution is 2.31. The Kier molecular flexibility index (Phi) is 5.06. The van der Waals surface area contributed by atoms with Crippen molar-refractivity contribution in [3.05, 3.63) is 94.6 Å². The van der Waals surface area contributed by atoms with E-state index in [2.05, 4.69) is 4.99 Å². The molecule has 0 fully saturated rings. The third-order valence-corrected chi connectivity index (χ3v) is 4.81. The molecule has 0 aliphatic carbocycles. The second kappa shape index (κ2) is 7.81. The van der Waals surface area contributed by atoms with Crippen molar-refractivity contribution in [3.8, 4) is 11.5 Å². The molecule has 144 valence electrons. The van der Waals surface area contributed by atoms with Gasteiger partial charge in [0.25, 0.3) is 5.91 Å². The van der Waals surface area contributed by atoms with Gasteiger partial charge in [0, 0.05) is 5.56 Å². The summed E-state index contributed by atoms with van der Waals surface area (Å²) in [5.41, 5.74) is 2.30. The van der Waals surface area contributed by atoms with E-state index in [4.69, 9.17) is 16.3 Å². The average molecular weight is 405 g/mol. The third-order valence-electron chi connectivity index (χ3n) is 4.48. The fraction of sp³-hybridized carbons (Fsp3) is 0.0435. The van der Waals surface area contributed by atoms with E-state index in [-0.39, 0.29) is 17.4 Å². The average Bonchev–Trinajstić information content (AvgIpc) is 3.05. The largest absolute Gasteiger partial charge is 0.508 e. The minimum absolute atomic E-state index is 0.115. The molecule has 0 bridgehead atoms. The normalized spacial score (nSPS) is 15.0. The maximum atomic E-state index is 13.3. The molecule has 0 saturated heterocycles. The SMILES string of the molecule is COc1cccc(/C=C2/N=C(c3ccccc3Cl)N(c3ccc(O)cc3)C2=O)c1. The summed E-state index contributed by atoms with van der Waals surface area (Å²) in [7, 11) is 1.59. The van der Waals surface area contributed by atoms with E-state index in [1.54, 1.807) is 31.4 Å². The summed E-state index contributed by atoms with van der Waals surface area (Å²) < 4.78 is 5.25. The molecule has 0 aromatic heterocycles. The smallest absolute Gasteiger partial charge is 0.282 e. The molecule has 29 heavy (non-hydrogen) atoms. The van der Waals surface area contributed by atoms with Gasteiger partial charge in [0.05, 0.1) is 17.8 Å². The summed E-state index contributed by atoms with van der Waals surface area (Å²) in [5, 5.41) is 10.1. The summed E-state index contributed by atoms with van der Waals surface area (Å²) >= 11 is 6.38. The number of aliphatic imine (C=N–C) groups is 1. The van der Waals surface area contributed by atoms with Gasteiger partial charge in [0.2, 0.25) is 0 Å². The van der Waals surface area contributed by atoms with Gasteiger partial charge in [-0.1, -0.05) is 35.9 Å². The number of aromatic hydroxyl groups is 1. The molecular weight excluding hydrogens is 388 g/mol. The van der Waals surface area contributed by atoms with Gasteiger partial charge in [-0.25, -0.2) is 4.99 Å². The molecule has 1 N–H and O–H groups in total. The summed E-state index contributed by atoms with van der Waals surface area (Å²) in [6.45, 7) is 0. The lowest BCUT2D eigenvalue weighted by Gasteiger charge is -2.19. The molecule has 1 aliphatic heterocycles. The van der Waals surface area contributed by atoms with Gasteiger partial charge in [0.1, 0.15) is 23.0 Å². The number of hydrogen-bond acceptors (Lipinski definition) is 4. The Balaban J connectivity index is 1.84. The molecule has 0 radical (unpaired) electrons. The van der Waals surface area contributed by atoms with Gasteiger partial charge >= 0.3 is 0 Å².